The second kappa shape index (κ2) is 5.70. The summed E-state index contributed by atoms with van der Waals surface area (Å²) in [6.45, 7) is 8.67. The van der Waals surface area contributed by atoms with Crippen molar-refractivity contribution in [3.05, 3.63) is 30.1 Å². The van der Waals surface area contributed by atoms with E-state index in [1.54, 1.807) is 12.1 Å². The molecule has 2 nitrogen and oxygen atoms in total. The van der Waals surface area contributed by atoms with Crippen LogP contribution in [0.4, 0.5) is 10.1 Å². The fourth-order valence-corrected chi connectivity index (χ4v) is 2.79. The lowest BCUT2D eigenvalue weighted by molar-refractivity contribution is 0.313. The summed E-state index contributed by atoms with van der Waals surface area (Å²) < 4.78 is 13.0. The normalized spacial score (nSPS) is 23.3. The Hall–Kier alpha value is -1.09. The highest BCUT2D eigenvalue weighted by Gasteiger charge is 2.33. The summed E-state index contributed by atoms with van der Waals surface area (Å²) in [6.07, 6.45) is 2.43. The van der Waals surface area contributed by atoms with E-state index in [1.807, 2.05) is 12.1 Å². The van der Waals surface area contributed by atoms with Gasteiger partial charge in [-0.3, -0.25) is 0 Å². The van der Waals surface area contributed by atoms with Gasteiger partial charge in [0.05, 0.1) is 0 Å². The third-order valence-corrected chi connectivity index (χ3v) is 4.18. The molecule has 0 amide bonds. The highest BCUT2D eigenvalue weighted by atomic mass is 19.1. The van der Waals surface area contributed by atoms with E-state index in [2.05, 4.69) is 24.1 Å². The quantitative estimate of drug-likeness (QED) is 0.864. The van der Waals surface area contributed by atoms with Crippen LogP contribution in [0, 0.1) is 11.2 Å². The molecule has 0 bridgehead atoms. The molecule has 0 aliphatic carbocycles. The van der Waals surface area contributed by atoms with Crippen LogP contribution in [0.2, 0.25) is 0 Å². The summed E-state index contributed by atoms with van der Waals surface area (Å²) in [5, 5.41) is 3.47. The SMILES string of the molecule is CCN(CC1(CC)CCNC1)c1ccc(F)cc1. The lowest BCUT2D eigenvalue weighted by Gasteiger charge is -2.35. The molecule has 1 aromatic rings. The van der Waals surface area contributed by atoms with Crippen LogP contribution in [0.3, 0.4) is 0 Å². The van der Waals surface area contributed by atoms with Gasteiger partial charge in [0.15, 0.2) is 0 Å². The molecule has 0 aromatic heterocycles. The Morgan fingerprint density at radius 1 is 1.28 bits per heavy atom. The third-order valence-electron chi connectivity index (χ3n) is 4.18. The van der Waals surface area contributed by atoms with Crippen LogP contribution in [0.5, 0.6) is 0 Å². The van der Waals surface area contributed by atoms with E-state index in [9.17, 15) is 4.39 Å². The molecule has 2 rings (SSSR count). The average molecular weight is 250 g/mol. The monoisotopic (exact) mass is 250 g/mol. The first-order valence-corrected chi connectivity index (χ1v) is 6.90. The standard InChI is InChI=1S/C15H23FN2/c1-3-15(9-10-17-11-15)12-18(4-2)14-7-5-13(16)6-8-14/h5-8,17H,3-4,9-12H2,1-2H3. The molecule has 18 heavy (non-hydrogen) atoms. The van der Waals surface area contributed by atoms with Gasteiger partial charge >= 0.3 is 0 Å². The van der Waals surface area contributed by atoms with E-state index in [4.69, 9.17) is 0 Å². The molecule has 1 heterocycles. The number of nitrogens with one attached hydrogen (secondary N) is 1. The zero-order valence-electron chi connectivity index (χ0n) is 11.4. The second-order valence-corrected chi connectivity index (χ2v) is 5.27. The minimum absolute atomic E-state index is 0.164. The molecule has 1 aromatic carbocycles. The maximum Gasteiger partial charge on any atom is 0.123 e. The first-order valence-electron chi connectivity index (χ1n) is 6.90. The van der Waals surface area contributed by atoms with E-state index in [-0.39, 0.29) is 5.82 Å². The van der Waals surface area contributed by atoms with Crippen LogP contribution < -0.4 is 10.2 Å². The van der Waals surface area contributed by atoms with E-state index >= 15 is 0 Å². The number of anilines is 1. The van der Waals surface area contributed by atoms with Gasteiger partial charge in [-0.2, -0.15) is 0 Å². The molecule has 3 heteroatoms. The number of hydrogen-bond acceptors (Lipinski definition) is 2. The predicted octanol–water partition coefficient (Wildman–Crippen LogP) is 3.04. The minimum atomic E-state index is -0.164. The number of rotatable bonds is 5. The van der Waals surface area contributed by atoms with Gasteiger partial charge in [-0.1, -0.05) is 6.92 Å². The molecule has 1 atom stereocenters. The molecule has 1 fully saturated rings. The first-order chi connectivity index (χ1) is 8.69. The third kappa shape index (κ3) is 2.83. The van der Waals surface area contributed by atoms with Crippen molar-refractivity contribution in [2.24, 2.45) is 5.41 Å². The molecule has 0 saturated carbocycles. The predicted molar refractivity (Wildman–Crippen MR) is 74.5 cm³/mol. The lowest BCUT2D eigenvalue weighted by Crippen LogP contribution is -2.39. The fraction of sp³-hybridized carbons (Fsp3) is 0.600. The average Bonchev–Trinajstić information content (AvgIpc) is 2.86. The Balaban J connectivity index is 2.11. The van der Waals surface area contributed by atoms with E-state index in [0.717, 1.165) is 31.9 Å². The highest BCUT2D eigenvalue weighted by Crippen LogP contribution is 2.32. The molecule has 1 aliphatic heterocycles. The zero-order chi connectivity index (χ0) is 13.0. The number of nitrogens with zero attached hydrogens (tertiary/aromatic N) is 1. The van der Waals surface area contributed by atoms with E-state index in [1.165, 1.54) is 12.8 Å². The molecule has 1 unspecified atom stereocenters. The van der Waals surface area contributed by atoms with E-state index in [0.29, 0.717) is 5.41 Å². The summed E-state index contributed by atoms with van der Waals surface area (Å²) in [7, 11) is 0. The van der Waals surface area contributed by atoms with Gasteiger partial charge in [0.2, 0.25) is 0 Å². The van der Waals surface area contributed by atoms with Crippen LogP contribution in [0.1, 0.15) is 26.7 Å². The zero-order valence-corrected chi connectivity index (χ0v) is 11.4. The van der Waals surface area contributed by atoms with E-state index < -0.39 is 0 Å². The smallest absolute Gasteiger partial charge is 0.123 e. The molecule has 1 saturated heterocycles. The molecule has 100 valence electrons. The van der Waals surface area contributed by atoms with Gasteiger partial charge in [-0.15, -0.1) is 0 Å². The maximum absolute atomic E-state index is 13.0. The fourth-order valence-electron chi connectivity index (χ4n) is 2.79. The Bertz CT molecular complexity index is 369. The van der Waals surface area contributed by atoms with Gasteiger partial charge in [0.25, 0.3) is 0 Å². The number of hydrogen-bond donors (Lipinski definition) is 1. The topological polar surface area (TPSA) is 15.3 Å². The van der Waals surface area contributed by atoms with Crippen molar-refractivity contribution < 1.29 is 4.39 Å². The molecule has 0 spiro atoms. The van der Waals surface area contributed by atoms with Crippen molar-refractivity contribution in [3.63, 3.8) is 0 Å². The van der Waals surface area contributed by atoms with Crippen LogP contribution in [0.25, 0.3) is 0 Å². The van der Waals surface area contributed by atoms with Gasteiger partial charge in [-0.25, -0.2) is 4.39 Å². The Morgan fingerprint density at radius 2 is 2.00 bits per heavy atom. The summed E-state index contributed by atoms with van der Waals surface area (Å²) in [6, 6.07) is 6.85. The van der Waals surface area contributed by atoms with Crippen molar-refractivity contribution in [1.82, 2.24) is 5.32 Å². The van der Waals surface area contributed by atoms with Crippen molar-refractivity contribution in [1.29, 1.82) is 0 Å². The molecule has 1 N–H and O–H groups in total. The van der Waals surface area contributed by atoms with Crippen LogP contribution in [0.15, 0.2) is 24.3 Å². The van der Waals surface area contributed by atoms with Gasteiger partial charge < -0.3 is 10.2 Å². The Morgan fingerprint density at radius 3 is 2.50 bits per heavy atom. The van der Waals surface area contributed by atoms with Crippen molar-refractivity contribution in [3.8, 4) is 0 Å². The summed E-state index contributed by atoms with van der Waals surface area (Å²) in [5.74, 6) is -0.164. The van der Waals surface area contributed by atoms with Crippen LogP contribution >= 0.6 is 0 Å². The maximum atomic E-state index is 13.0. The van der Waals surface area contributed by atoms with Crippen molar-refractivity contribution in [2.75, 3.05) is 31.1 Å². The molecule has 1 aliphatic rings. The van der Waals surface area contributed by atoms with Gasteiger partial charge in [0.1, 0.15) is 5.82 Å². The van der Waals surface area contributed by atoms with Crippen molar-refractivity contribution in [2.45, 2.75) is 26.7 Å². The number of benzene rings is 1. The molecular weight excluding hydrogens is 227 g/mol. The number of halogens is 1. The lowest BCUT2D eigenvalue weighted by atomic mass is 9.83. The van der Waals surface area contributed by atoms with Gasteiger partial charge in [0, 0.05) is 30.7 Å². The summed E-state index contributed by atoms with van der Waals surface area (Å²) in [5.41, 5.74) is 1.50. The van der Waals surface area contributed by atoms with Gasteiger partial charge in [-0.05, 0) is 50.6 Å². The minimum Gasteiger partial charge on any atom is -0.371 e. The molecule has 0 radical (unpaired) electrons. The van der Waals surface area contributed by atoms with Crippen molar-refractivity contribution >= 4 is 5.69 Å². The summed E-state index contributed by atoms with van der Waals surface area (Å²) >= 11 is 0. The highest BCUT2D eigenvalue weighted by molar-refractivity contribution is 5.46. The first kappa shape index (κ1) is 13.3. The largest absolute Gasteiger partial charge is 0.371 e. The Kier molecular flexibility index (Phi) is 4.23. The molecular formula is C15H23FN2. The second-order valence-electron chi connectivity index (χ2n) is 5.27. The van der Waals surface area contributed by atoms with Crippen LogP contribution in [-0.4, -0.2) is 26.2 Å². The van der Waals surface area contributed by atoms with Crippen LogP contribution in [-0.2, 0) is 0 Å². The summed E-state index contributed by atoms with van der Waals surface area (Å²) in [4.78, 5) is 2.36. The Labute approximate surface area is 109 Å².